The molecule has 0 N–H and O–H groups in total. The third kappa shape index (κ3) is 5.19. The first-order valence-corrected chi connectivity index (χ1v) is 22.0. The van der Waals surface area contributed by atoms with Crippen LogP contribution >= 0.6 is 11.3 Å². The van der Waals surface area contributed by atoms with Gasteiger partial charge in [0.15, 0.2) is 17.5 Å². The predicted octanol–water partition coefficient (Wildman–Crippen LogP) is 15.7. The van der Waals surface area contributed by atoms with Crippen molar-refractivity contribution >= 4 is 108 Å². The summed E-state index contributed by atoms with van der Waals surface area (Å²) in [6.45, 7) is 0. The van der Waals surface area contributed by atoms with Gasteiger partial charge in [0.25, 0.3) is 0 Å². The maximum atomic E-state index is 6.78. The highest BCUT2D eigenvalue weighted by atomic mass is 32.1. The van der Waals surface area contributed by atoms with Crippen molar-refractivity contribution in [2.24, 2.45) is 0 Å². The fourth-order valence-electron chi connectivity index (χ4n) is 9.88. The molecule has 0 unspecified atom stereocenters. The van der Waals surface area contributed by atoms with Crippen molar-refractivity contribution in [3.8, 4) is 39.9 Å². The SMILES string of the molecule is c1ccc(-c2nc(-c3ccc4ccc5oc6cc(-n7c8cc9ccccc9cc8c8c9ccccc9ccc87)ccc6c5c4c3)nc(-c3cccc4c3sc3ccccc34)n2)cc1. The molecule has 14 aromatic rings. The van der Waals surface area contributed by atoms with Crippen LogP contribution in [-0.2, 0) is 0 Å². The van der Waals surface area contributed by atoms with Crippen molar-refractivity contribution in [1.29, 1.82) is 0 Å². The van der Waals surface area contributed by atoms with E-state index >= 15 is 0 Å². The van der Waals surface area contributed by atoms with Crippen LogP contribution in [0.25, 0.3) is 136 Å². The molecule has 0 radical (unpaired) electrons. The largest absolute Gasteiger partial charge is 0.456 e. The van der Waals surface area contributed by atoms with Gasteiger partial charge in [0, 0.05) is 70.2 Å². The number of fused-ring (bicyclic) bond motifs is 14. The van der Waals surface area contributed by atoms with E-state index in [1.54, 1.807) is 11.3 Å². The first-order chi connectivity index (χ1) is 31.2. The van der Waals surface area contributed by atoms with E-state index in [0.717, 1.165) is 55.1 Å². The third-order valence-electron chi connectivity index (χ3n) is 12.8. The second kappa shape index (κ2) is 13.2. The number of hydrogen-bond donors (Lipinski definition) is 0. The van der Waals surface area contributed by atoms with Crippen molar-refractivity contribution in [1.82, 2.24) is 19.5 Å². The molecule has 0 bridgehead atoms. The van der Waals surface area contributed by atoms with Crippen LogP contribution < -0.4 is 0 Å². The van der Waals surface area contributed by atoms with Crippen molar-refractivity contribution in [3.05, 3.63) is 194 Å². The minimum Gasteiger partial charge on any atom is -0.456 e. The summed E-state index contributed by atoms with van der Waals surface area (Å²) in [5, 5.41) is 14.2. The summed E-state index contributed by atoms with van der Waals surface area (Å²) in [7, 11) is 0. The molecule has 0 fully saturated rings. The monoisotopic (exact) mass is 820 g/mol. The molecule has 10 aromatic carbocycles. The Morgan fingerprint density at radius 3 is 1.97 bits per heavy atom. The van der Waals surface area contributed by atoms with Crippen LogP contribution in [0, 0.1) is 0 Å². The summed E-state index contributed by atoms with van der Waals surface area (Å²) in [6.07, 6.45) is 0. The van der Waals surface area contributed by atoms with Crippen LogP contribution in [0.4, 0.5) is 0 Å². The van der Waals surface area contributed by atoms with Crippen LogP contribution in [0.15, 0.2) is 199 Å². The normalized spacial score (nSPS) is 12.1. The molecule has 0 saturated carbocycles. The van der Waals surface area contributed by atoms with Gasteiger partial charge in [-0.15, -0.1) is 11.3 Å². The summed E-state index contributed by atoms with van der Waals surface area (Å²) < 4.78 is 11.6. The maximum absolute atomic E-state index is 6.78. The maximum Gasteiger partial charge on any atom is 0.165 e. The first-order valence-electron chi connectivity index (χ1n) is 21.2. The molecule has 5 nitrogen and oxygen atoms in total. The number of benzene rings is 10. The fourth-order valence-corrected chi connectivity index (χ4v) is 11.1. The number of aromatic nitrogens is 4. The summed E-state index contributed by atoms with van der Waals surface area (Å²) in [6, 6.07) is 69.1. The van der Waals surface area contributed by atoms with E-state index in [1.807, 2.05) is 18.2 Å². The minimum absolute atomic E-state index is 0.623. The molecule has 14 rings (SSSR count). The minimum atomic E-state index is 0.623. The highest BCUT2D eigenvalue weighted by Gasteiger charge is 2.20. The molecule has 0 saturated heterocycles. The summed E-state index contributed by atoms with van der Waals surface area (Å²) >= 11 is 1.78. The molecule has 6 heteroatoms. The van der Waals surface area contributed by atoms with Crippen LogP contribution in [0.2, 0.25) is 0 Å². The first kappa shape index (κ1) is 34.5. The van der Waals surface area contributed by atoms with Gasteiger partial charge >= 0.3 is 0 Å². The van der Waals surface area contributed by atoms with Crippen molar-refractivity contribution in [3.63, 3.8) is 0 Å². The van der Waals surface area contributed by atoms with Crippen molar-refractivity contribution < 1.29 is 4.42 Å². The molecule has 0 aliphatic rings. The summed E-state index contributed by atoms with van der Waals surface area (Å²) in [4.78, 5) is 15.5. The zero-order chi connectivity index (χ0) is 41.2. The fraction of sp³-hybridized carbons (Fsp3) is 0. The van der Waals surface area contributed by atoms with Crippen LogP contribution in [0.3, 0.4) is 0 Å². The van der Waals surface area contributed by atoms with Gasteiger partial charge < -0.3 is 8.98 Å². The Morgan fingerprint density at radius 1 is 0.381 bits per heavy atom. The second-order valence-corrected chi connectivity index (χ2v) is 17.4. The van der Waals surface area contributed by atoms with Gasteiger partial charge in [0.1, 0.15) is 11.2 Å². The lowest BCUT2D eigenvalue weighted by Gasteiger charge is -2.10. The van der Waals surface area contributed by atoms with Gasteiger partial charge in [-0.2, -0.15) is 0 Å². The average Bonchev–Trinajstić information content (AvgIpc) is 4.02. The Bertz CT molecular complexity index is 4220. The molecule has 0 spiro atoms. The van der Waals surface area contributed by atoms with E-state index in [-0.39, 0.29) is 0 Å². The number of thiophene rings is 1. The molecule has 0 aliphatic carbocycles. The Kier molecular flexibility index (Phi) is 7.21. The summed E-state index contributed by atoms with van der Waals surface area (Å²) in [5.41, 5.74) is 7.91. The van der Waals surface area contributed by atoms with Gasteiger partial charge in [-0.3, -0.25) is 0 Å². The lowest BCUT2D eigenvalue weighted by Crippen LogP contribution is -2.00. The molecule has 292 valence electrons. The van der Waals surface area contributed by atoms with Gasteiger partial charge in [-0.1, -0.05) is 133 Å². The Morgan fingerprint density at radius 2 is 1.08 bits per heavy atom. The quantitative estimate of drug-likeness (QED) is 0.177. The van der Waals surface area contributed by atoms with E-state index < -0.39 is 0 Å². The average molecular weight is 821 g/mol. The smallest absolute Gasteiger partial charge is 0.165 e. The van der Waals surface area contributed by atoms with E-state index in [0.29, 0.717) is 17.5 Å². The lowest BCUT2D eigenvalue weighted by molar-refractivity contribution is 0.669. The van der Waals surface area contributed by atoms with E-state index in [1.165, 1.54) is 63.5 Å². The molecular formula is C57H32N4OS. The standard InChI is InChI=1S/C57H32N4OS/c1-2-12-35(13-3-1)55-58-56(60-57(59-55)44-19-10-18-42-41-17-8-9-20-51(41)63-54(42)44)38-22-21-34-24-28-49-53(45(34)30-38)43-26-25-39(32-50(43)62-49)61-47-27-23-33-11-6-7-16-40(33)52(47)46-29-36-14-4-5-15-37(36)31-48(46)61/h1-32H. The zero-order valence-electron chi connectivity index (χ0n) is 33.6. The highest BCUT2D eigenvalue weighted by Crippen LogP contribution is 2.43. The Balaban J connectivity index is 0.962. The van der Waals surface area contributed by atoms with Gasteiger partial charge in [-0.05, 0) is 86.9 Å². The zero-order valence-corrected chi connectivity index (χ0v) is 34.4. The van der Waals surface area contributed by atoms with Crippen LogP contribution in [0.5, 0.6) is 0 Å². The number of hydrogen-bond acceptors (Lipinski definition) is 5. The molecule has 4 aromatic heterocycles. The molecule has 63 heavy (non-hydrogen) atoms. The van der Waals surface area contributed by atoms with E-state index in [4.69, 9.17) is 19.4 Å². The predicted molar refractivity (Wildman–Crippen MR) is 263 cm³/mol. The van der Waals surface area contributed by atoms with Gasteiger partial charge in [0.2, 0.25) is 0 Å². The Hall–Kier alpha value is -8.19. The van der Waals surface area contributed by atoms with Crippen molar-refractivity contribution in [2.75, 3.05) is 0 Å². The molecular weight excluding hydrogens is 789 g/mol. The molecule has 0 aliphatic heterocycles. The van der Waals surface area contributed by atoms with Crippen molar-refractivity contribution in [2.45, 2.75) is 0 Å². The summed E-state index contributed by atoms with van der Waals surface area (Å²) in [5.74, 6) is 1.92. The number of furan rings is 1. The lowest BCUT2D eigenvalue weighted by atomic mass is 10.0. The van der Waals surface area contributed by atoms with Crippen LogP contribution in [0.1, 0.15) is 0 Å². The van der Waals surface area contributed by atoms with Gasteiger partial charge in [0.05, 0.1) is 11.0 Å². The number of rotatable bonds is 4. The molecule has 0 atom stereocenters. The Labute approximate surface area is 363 Å². The highest BCUT2D eigenvalue weighted by molar-refractivity contribution is 7.26. The van der Waals surface area contributed by atoms with E-state index in [2.05, 4.69) is 180 Å². The van der Waals surface area contributed by atoms with Gasteiger partial charge in [-0.25, -0.2) is 15.0 Å². The van der Waals surface area contributed by atoms with E-state index in [9.17, 15) is 0 Å². The second-order valence-electron chi connectivity index (χ2n) is 16.3. The number of nitrogens with zero attached hydrogens (tertiary/aromatic N) is 4. The third-order valence-corrected chi connectivity index (χ3v) is 14.0. The van der Waals surface area contributed by atoms with Crippen LogP contribution in [-0.4, -0.2) is 19.5 Å². The molecule has 4 heterocycles. The topological polar surface area (TPSA) is 56.7 Å². The molecule has 0 amide bonds.